The van der Waals surface area contributed by atoms with E-state index in [1.165, 1.54) is 0 Å². The third-order valence-corrected chi connectivity index (χ3v) is 16.1. The molecular formula is C39H58N2O7. The predicted molar refractivity (Wildman–Crippen MR) is 179 cm³/mol. The largest absolute Gasteiger partial charge is 0.447 e. The minimum atomic E-state index is -1.61. The van der Waals surface area contributed by atoms with E-state index in [0.717, 1.165) is 62.6 Å². The van der Waals surface area contributed by atoms with E-state index in [-0.39, 0.29) is 30.1 Å². The zero-order valence-electron chi connectivity index (χ0n) is 29.2. The van der Waals surface area contributed by atoms with Gasteiger partial charge in [0, 0.05) is 43.0 Å². The average molecular weight is 667 g/mol. The van der Waals surface area contributed by atoms with Crippen LogP contribution in [-0.2, 0) is 14.3 Å². The molecule has 0 aromatic heterocycles. The van der Waals surface area contributed by atoms with Crippen molar-refractivity contribution in [2.75, 3.05) is 26.7 Å². The molecule has 13 unspecified atom stereocenters. The van der Waals surface area contributed by atoms with Crippen molar-refractivity contribution in [2.24, 2.45) is 52.3 Å². The van der Waals surface area contributed by atoms with Crippen molar-refractivity contribution < 1.29 is 34.8 Å². The summed E-state index contributed by atoms with van der Waals surface area (Å²) in [4.78, 5) is 27.0. The highest BCUT2D eigenvalue weighted by molar-refractivity contribution is 5.88. The summed E-state index contributed by atoms with van der Waals surface area (Å²) in [5.74, 6) is -1.39. The molecule has 13 atom stereocenters. The fraction of sp³-hybridized carbons (Fsp3) is 0.846. The topological polar surface area (TPSA) is 148 Å². The molecule has 9 heteroatoms. The predicted octanol–water partition coefficient (Wildman–Crippen LogP) is 3.19. The van der Waals surface area contributed by atoms with E-state index in [1.54, 1.807) is 6.08 Å². The standard InChI is InChI=1S/C39H58N2O7/c1-23(2)24-6-7-28-30(43)8-12-35(22-42)31-9-13-34-10-4-5-11-36-27(21-41-15-14-40-3)17-25(33(34)29(36)18-32(44)48-36)19-38(34,46)37(31,45)20-26(16-24)39(28,35)47/h17-18,22-26,28,30-31,33,40-41,43,45-47H,4-16,19-21H2,1-3H3. The number of esters is 1. The van der Waals surface area contributed by atoms with Gasteiger partial charge in [-0.2, -0.15) is 0 Å². The molecule has 1 heterocycles. The molecule has 1 aliphatic heterocycles. The lowest BCUT2D eigenvalue weighted by atomic mass is 9.35. The smallest absolute Gasteiger partial charge is 0.332 e. The SMILES string of the molecule is CNCCNCC1=CC2CC3(O)C4(O)CC5CC(C(C)C)CCC6C(O)CCC(C=O)(C4CCC34CCCCC13OC(=O)C=C3C24)C56O. The van der Waals surface area contributed by atoms with Gasteiger partial charge in [-0.15, -0.1) is 0 Å². The second-order valence-electron chi connectivity index (χ2n) is 17.8. The van der Waals surface area contributed by atoms with Crippen molar-refractivity contribution in [2.45, 2.75) is 126 Å². The summed E-state index contributed by atoms with van der Waals surface area (Å²) >= 11 is 0. The summed E-state index contributed by atoms with van der Waals surface area (Å²) in [6.45, 7) is 6.57. The maximum atomic E-state index is 13.7. The number of allylic oxidation sites excluding steroid dienone is 1. The van der Waals surface area contributed by atoms with Gasteiger partial charge in [0.05, 0.1) is 22.7 Å². The Hall–Kier alpha value is -1.62. The number of ether oxygens (including phenoxy) is 1. The fourth-order valence-corrected chi connectivity index (χ4v) is 14.2. The monoisotopic (exact) mass is 666 g/mol. The number of aliphatic hydroxyl groups excluding tert-OH is 1. The van der Waals surface area contributed by atoms with E-state index < -0.39 is 57.1 Å². The molecule has 9 nitrogen and oxygen atoms in total. The highest BCUT2D eigenvalue weighted by atomic mass is 16.6. The quantitative estimate of drug-likeness (QED) is 0.104. The van der Waals surface area contributed by atoms with Crippen molar-refractivity contribution in [3.63, 3.8) is 0 Å². The number of fused-ring (bicyclic) bond motifs is 3. The third-order valence-electron chi connectivity index (χ3n) is 16.1. The maximum Gasteiger partial charge on any atom is 0.332 e. The van der Waals surface area contributed by atoms with Crippen LogP contribution in [-0.4, -0.2) is 87.9 Å². The molecule has 0 saturated heterocycles. The van der Waals surface area contributed by atoms with E-state index in [2.05, 4.69) is 30.6 Å². The molecule has 6 N–H and O–H groups in total. The van der Waals surface area contributed by atoms with Crippen molar-refractivity contribution >= 4 is 12.3 Å². The molecule has 8 aliphatic rings. The molecular weight excluding hydrogens is 608 g/mol. The molecule has 0 aromatic rings. The molecule has 0 radical (unpaired) electrons. The number of nitrogens with one attached hydrogen (secondary N) is 2. The summed E-state index contributed by atoms with van der Waals surface area (Å²) < 4.78 is 6.32. The van der Waals surface area contributed by atoms with Crippen molar-refractivity contribution in [1.29, 1.82) is 0 Å². The van der Waals surface area contributed by atoms with Crippen LogP contribution < -0.4 is 10.6 Å². The summed E-state index contributed by atoms with van der Waals surface area (Å²) in [6.07, 6.45) is 12.0. The Morgan fingerprint density at radius 1 is 1.02 bits per heavy atom. The lowest BCUT2D eigenvalue weighted by Crippen LogP contribution is -2.80. The van der Waals surface area contributed by atoms with Gasteiger partial charge >= 0.3 is 5.97 Å². The van der Waals surface area contributed by atoms with Gasteiger partial charge in [-0.05, 0) is 125 Å². The molecule has 1 spiro atoms. The lowest BCUT2D eigenvalue weighted by Gasteiger charge is -2.72. The van der Waals surface area contributed by atoms with Gasteiger partial charge in [0.1, 0.15) is 11.9 Å². The number of aldehydes is 1. The summed E-state index contributed by atoms with van der Waals surface area (Å²) in [5.41, 5.74) is -5.29. The van der Waals surface area contributed by atoms with Crippen molar-refractivity contribution in [1.82, 2.24) is 10.6 Å². The number of hydrogen-bond donors (Lipinski definition) is 6. The van der Waals surface area contributed by atoms with E-state index >= 15 is 0 Å². The second kappa shape index (κ2) is 11.2. The summed E-state index contributed by atoms with van der Waals surface area (Å²) in [6, 6.07) is 0. The van der Waals surface area contributed by atoms with Crippen LogP contribution >= 0.6 is 0 Å². The minimum absolute atomic E-state index is 0.0858. The number of likely N-dealkylation sites (N-methyl/N-ethyl adjacent to an activating group) is 1. The Bertz CT molecular complexity index is 1410. The Morgan fingerprint density at radius 2 is 1.81 bits per heavy atom. The van der Waals surface area contributed by atoms with Gasteiger partial charge in [0.15, 0.2) is 5.60 Å². The molecule has 7 aliphatic carbocycles. The van der Waals surface area contributed by atoms with Gasteiger partial charge in [0.2, 0.25) is 0 Å². The van der Waals surface area contributed by atoms with Crippen molar-refractivity contribution in [3.05, 3.63) is 23.3 Å². The van der Waals surface area contributed by atoms with Gasteiger partial charge in [0.25, 0.3) is 0 Å². The maximum absolute atomic E-state index is 13.7. The van der Waals surface area contributed by atoms with E-state index in [4.69, 9.17) is 4.74 Å². The zero-order chi connectivity index (χ0) is 33.9. The molecule has 6 saturated carbocycles. The van der Waals surface area contributed by atoms with Crippen LogP contribution in [0.15, 0.2) is 23.3 Å². The first-order chi connectivity index (χ1) is 22.9. The normalized spacial score (nSPS) is 52.0. The van der Waals surface area contributed by atoms with Gasteiger partial charge < -0.3 is 40.6 Å². The number of hydrogen-bond acceptors (Lipinski definition) is 9. The van der Waals surface area contributed by atoms with E-state index in [0.29, 0.717) is 57.4 Å². The Kier molecular flexibility index (Phi) is 7.81. The summed E-state index contributed by atoms with van der Waals surface area (Å²) in [5, 5.41) is 58.5. The molecule has 266 valence electrons. The first-order valence-corrected chi connectivity index (χ1v) is 19.2. The molecule has 6 fully saturated rings. The van der Waals surface area contributed by atoms with Crippen LogP contribution in [0.2, 0.25) is 0 Å². The molecule has 0 amide bonds. The molecule has 2 bridgehead atoms. The molecule has 8 rings (SSSR count). The van der Waals surface area contributed by atoms with Crippen LogP contribution in [0.25, 0.3) is 0 Å². The second-order valence-corrected chi connectivity index (χ2v) is 17.8. The van der Waals surface area contributed by atoms with Crippen LogP contribution in [0, 0.1) is 52.3 Å². The fourth-order valence-electron chi connectivity index (χ4n) is 14.2. The number of carbonyl (C=O) groups is 2. The average Bonchev–Trinajstić information content (AvgIpc) is 3.43. The van der Waals surface area contributed by atoms with Crippen LogP contribution in [0.4, 0.5) is 0 Å². The van der Waals surface area contributed by atoms with Crippen LogP contribution in [0.5, 0.6) is 0 Å². The summed E-state index contributed by atoms with van der Waals surface area (Å²) in [7, 11) is 1.92. The number of aliphatic hydroxyl groups is 4. The van der Waals surface area contributed by atoms with Gasteiger partial charge in [-0.25, -0.2) is 4.79 Å². The highest BCUT2D eigenvalue weighted by Crippen LogP contribution is 2.78. The van der Waals surface area contributed by atoms with Crippen LogP contribution in [0.1, 0.15) is 97.3 Å². The van der Waals surface area contributed by atoms with E-state index in [9.17, 15) is 30.0 Å². The first-order valence-electron chi connectivity index (χ1n) is 19.2. The van der Waals surface area contributed by atoms with Gasteiger partial charge in [-0.3, -0.25) is 0 Å². The van der Waals surface area contributed by atoms with Crippen LogP contribution in [0.3, 0.4) is 0 Å². The minimum Gasteiger partial charge on any atom is -0.447 e. The number of carbonyl (C=O) groups excluding carboxylic acids is 2. The number of rotatable bonds is 7. The lowest BCUT2D eigenvalue weighted by molar-refractivity contribution is -0.344. The Balaban J connectivity index is 1.28. The molecule has 48 heavy (non-hydrogen) atoms. The first kappa shape index (κ1) is 33.5. The van der Waals surface area contributed by atoms with Gasteiger partial charge in [-0.1, -0.05) is 26.3 Å². The van der Waals surface area contributed by atoms with Crippen molar-refractivity contribution in [3.8, 4) is 0 Å². The Labute approximate surface area is 285 Å². The third kappa shape index (κ3) is 3.95. The van der Waals surface area contributed by atoms with E-state index in [1.807, 2.05) is 7.05 Å². The highest BCUT2D eigenvalue weighted by Gasteiger charge is 2.83. The molecule has 0 aromatic carbocycles. The Morgan fingerprint density at radius 3 is 2.56 bits per heavy atom. The zero-order valence-corrected chi connectivity index (χ0v) is 29.2.